The Bertz CT molecular complexity index is 1470. The molecule has 8 nitrogen and oxygen atoms in total. The van der Waals surface area contributed by atoms with Crippen molar-refractivity contribution in [3.8, 4) is 0 Å². The highest BCUT2D eigenvalue weighted by atomic mass is 32.2. The molecule has 4 rings (SSSR count). The summed E-state index contributed by atoms with van der Waals surface area (Å²) >= 11 is 0. The minimum absolute atomic E-state index is 0.101. The minimum atomic E-state index is -6.25. The van der Waals surface area contributed by atoms with E-state index in [9.17, 15) is 53.8 Å². The van der Waals surface area contributed by atoms with Crippen LogP contribution >= 0.6 is 0 Å². The number of carbonyl (C=O) groups is 2. The number of hydrogen-bond donors (Lipinski definition) is 2. The van der Waals surface area contributed by atoms with Crippen molar-refractivity contribution in [2.24, 2.45) is 0 Å². The third-order valence-electron chi connectivity index (χ3n) is 6.95. The largest absolute Gasteiger partial charge is 0.430 e. The molecular weight excluding hydrogens is 577 g/mol. The Hall–Kier alpha value is -3.24. The Balaban J connectivity index is 1.71. The lowest BCUT2D eigenvalue weighted by molar-refractivity contribution is -0.376. The van der Waals surface area contributed by atoms with Crippen LogP contribution in [0.15, 0.2) is 41.3 Å². The lowest BCUT2D eigenvalue weighted by atomic mass is 9.92. The van der Waals surface area contributed by atoms with Gasteiger partial charge in [0.05, 0.1) is 10.6 Å². The van der Waals surface area contributed by atoms with E-state index in [1.165, 1.54) is 25.3 Å². The fourth-order valence-corrected chi connectivity index (χ4v) is 5.21. The molecule has 2 N–H and O–H groups in total. The zero-order chi connectivity index (χ0) is 30.1. The molecule has 1 heterocycles. The molecule has 1 aliphatic carbocycles. The van der Waals surface area contributed by atoms with Gasteiger partial charge >= 0.3 is 12.4 Å². The van der Waals surface area contributed by atoms with E-state index in [-0.39, 0.29) is 34.7 Å². The normalized spacial score (nSPS) is 18.9. The van der Waals surface area contributed by atoms with Crippen LogP contribution < -0.4 is 5.32 Å². The van der Waals surface area contributed by atoms with Crippen molar-refractivity contribution in [2.45, 2.75) is 53.9 Å². The Morgan fingerprint density at radius 3 is 2.12 bits per heavy atom. The predicted octanol–water partition coefficient (Wildman–Crippen LogP) is 3.74. The van der Waals surface area contributed by atoms with Gasteiger partial charge in [-0.1, -0.05) is 12.1 Å². The summed E-state index contributed by atoms with van der Waals surface area (Å²) in [6.45, 7) is -0.230. The highest BCUT2D eigenvalue weighted by molar-refractivity contribution is 7.90. The van der Waals surface area contributed by atoms with E-state index in [0.29, 0.717) is 18.9 Å². The van der Waals surface area contributed by atoms with Crippen LogP contribution in [0.4, 0.5) is 36.4 Å². The minimum Gasteiger partial charge on any atom is -0.369 e. The van der Waals surface area contributed by atoms with Gasteiger partial charge in [-0.25, -0.2) is 12.8 Å². The van der Waals surface area contributed by atoms with Crippen LogP contribution in [0.5, 0.6) is 0 Å². The number of benzene rings is 2. The second-order valence-corrected chi connectivity index (χ2v) is 11.6. The van der Waals surface area contributed by atoms with Gasteiger partial charge in [0, 0.05) is 25.5 Å². The second-order valence-electron chi connectivity index (χ2n) is 9.56. The van der Waals surface area contributed by atoms with Gasteiger partial charge < -0.3 is 20.1 Å². The number of hydrogen-bond acceptors (Lipinski definition) is 6. The van der Waals surface area contributed by atoms with E-state index in [1.807, 2.05) is 0 Å². The highest BCUT2D eigenvalue weighted by Crippen LogP contribution is 2.50. The maximum atomic E-state index is 14.8. The van der Waals surface area contributed by atoms with Crippen molar-refractivity contribution in [1.82, 2.24) is 4.90 Å². The fourth-order valence-electron chi connectivity index (χ4n) is 4.54. The van der Waals surface area contributed by atoms with Gasteiger partial charge in [-0.3, -0.25) is 9.59 Å². The Labute approximate surface area is 222 Å². The first-order valence-corrected chi connectivity index (χ1v) is 13.3. The summed E-state index contributed by atoms with van der Waals surface area (Å²) in [7, 11) is -2.39. The summed E-state index contributed by atoms with van der Waals surface area (Å²) in [4.78, 5) is 27.6. The third-order valence-corrected chi connectivity index (χ3v) is 8.06. The fraction of sp³-hybridized carbons (Fsp3) is 0.417. The number of anilines is 1. The molecule has 1 fully saturated rings. The van der Waals surface area contributed by atoms with Crippen molar-refractivity contribution in [3.63, 3.8) is 0 Å². The maximum absolute atomic E-state index is 14.8. The molecule has 0 saturated heterocycles. The van der Waals surface area contributed by atoms with Crippen LogP contribution in [0.2, 0.25) is 0 Å². The van der Waals surface area contributed by atoms with Gasteiger partial charge in [-0.05, 0) is 48.2 Å². The lowest BCUT2D eigenvalue weighted by Gasteiger charge is -2.32. The third kappa shape index (κ3) is 4.81. The van der Waals surface area contributed by atoms with E-state index < -0.39 is 68.3 Å². The average Bonchev–Trinajstić information content (AvgIpc) is 3.55. The molecule has 2 amide bonds. The molecule has 0 radical (unpaired) electrons. The standard InChI is InChI=1S/C24H21F7N2O6S/c1-39-21(7-8-21)20(35)33-11-12-9-14(40(2,37)38)4-5-15(12)18(33)19(34)32-17-6-3-13(10-16(17)25)22(36,23(26,27)28)24(29,30)31/h3-6,9-10,18,36H,7-8,11H2,1-2H3,(H,32,34). The molecule has 1 aliphatic heterocycles. The predicted molar refractivity (Wildman–Crippen MR) is 123 cm³/mol. The van der Waals surface area contributed by atoms with Crippen LogP contribution in [-0.4, -0.2) is 61.6 Å². The number of carbonyl (C=O) groups excluding carboxylic acids is 2. The quantitative estimate of drug-likeness (QED) is 0.490. The number of halogens is 7. The molecule has 16 heteroatoms. The molecule has 40 heavy (non-hydrogen) atoms. The van der Waals surface area contributed by atoms with Crippen LogP contribution in [-0.2, 0) is 36.3 Å². The summed E-state index contributed by atoms with van der Waals surface area (Å²) in [6.07, 6.45) is -10.9. The zero-order valence-corrected chi connectivity index (χ0v) is 21.5. The molecule has 2 aliphatic rings. The number of rotatable bonds is 6. The molecule has 2 aromatic carbocycles. The summed E-state index contributed by atoms with van der Waals surface area (Å²) in [5.41, 5.74) is -8.86. The number of aliphatic hydroxyl groups is 1. The summed E-state index contributed by atoms with van der Waals surface area (Å²) < 4.78 is 123. The van der Waals surface area contributed by atoms with E-state index in [1.54, 1.807) is 0 Å². The molecule has 1 saturated carbocycles. The van der Waals surface area contributed by atoms with Gasteiger partial charge in [0.2, 0.25) is 0 Å². The van der Waals surface area contributed by atoms with E-state index in [4.69, 9.17) is 4.74 Å². The SMILES string of the molecule is COC1(C(=O)N2Cc3cc(S(C)(=O)=O)ccc3C2C(=O)Nc2ccc(C(O)(C(F)(F)F)C(F)(F)F)cc2F)CC1. The Morgan fingerprint density at radius 2 is 1.65 bits per heavy atom. The molecule has 2 aromatic rings. The topological polar surface area (TPSA) is 113 Å². The summed E-state index contributed by atoms with van der Waals surface area (Å²) in [6, 6.07) is 2.63. The number of fused-ring (bicyclic) bond motifs is 1. The first-order chi connectivity index (χ1) is 18.3. The Kier molecular flexibility index (Phi) is 7.00. The molecule has 218 valence electrons. The van der Waals surface area contributed by atoms with Gasteiger partial charge in [0.25, 0.3) is 17.4 Å². The van der Waals surface area contributed by atoms with Gasteiger partial charge in [-0.2, -0.15) is 26.3 Å². The lowest BCUT2D eigenvalue weighted by Crippen LogP contribution is -2.54. The van der Waals surface area contributed by atoms with Gasteiger partial charge in [0.15, 0.2) is 9.84 Å². The number of ether oxygens (including phenoxy) is 1. The highest BCUT2D eigenvalue weighted by Gasteiger charge is 2.71. The zero-order valence-electron chi connectivity index (χ0n) is 20.7. The maximum Gasteiger partial charge on any atom is 0.430 e. The average molecular weight is 598 g/mol. The van der Waals surface area contributed by atoms with Crippen LogP contribution in [0.3, 0.4) is 0 Å². The van der Waals surface area contributed by atoms with Gasteiger partial charge in [0.1, 0.15) is 17.5 Å². The molecule has 0 bridgehead atoms. The molecular formula is C24H21F7N2O6S. The number of amides is 2. The summed E-state index contributed by atoms with van der Waals surface area (Å²) in [5, 5.41) is 11.6. The first kappa shape index (κ1) is 29.7. The number of nitrogens with zero attached hydrogens (tertiary/aromatic N) is 1. The number of nitrogens with one attached hydrogen (secondary N) is 1. The van der Waals surface area contributed by atoms with E-state index in [0.717, 1.165) is 11.2 Å². The monoisotopic (exact) mass is 598 g/mol. The smallest absolute Gasteiger partial charge is 0.369 e. The van der Waals surface area contributed by atoms with Crippen molar-refractivity contribution in [3.05, 3.63) is 58.9 Å². The van der Waals surface area contributed by atoms with E-state index >= 15 is 0 Å². The van der Waals surface area contributed by atoms with E-state index in [2.05, 4.69) is 5.32 Å². The van der Waals surface area contributed by atoms with Gasteiger partial charge in [-0.15, -0.1) is 0 Å². The number of methoxy groups -OCH3 is 1. The molecule has 0 aromatic heterocycles. The van der Waals surface area contributed by atoms with Crippen LogP contribution in [0, 0.1) is 5.82 Å². The molecule has 1 atom stereocenters. The van der Waals surface area contributed by atoms with Crippen molar-refractivity contribution in [1.29, 1.82) is 0 Å². The second kappa shape index (κ2) is 9.41. The number of alkyl halides is 6. The molecule has 0 spiro atoms. The molecule has 1 unspecified atom stereocenters. The van der Waals surface area contributed by atoms with Crippen molar-refractivity contribution >= 4 is 27.3 Å². The Morgan fingerprint density at radius 1 is 1.05 bits per heavy atom. The van der Waals surface area contributed by atoms with Crippen molar-refractivity contribution < 1.29 is 58.6 Å². The number of sulfone groups is 1. The summed E-state index contributed by atoms with van der Waals surface area (Å²) in [5.74, 6) is -3.43. The van der Waals surface area contributed by atoms with Crippen LogP contribution in [0.25, 0.3) is 0 Å². The van der Waals surface area contributed by atoms with Crippen molar-refractivity contribution in [2.75, 3.05) is 18.7 Å². The first-order valence-electron chi connectivity index (χ1n) is 11.4. The van der Waals surface area contributed by atoms with Crippen LogP contribution in [0.1, 0.15) is 35.6 Å².